The van der Waals surface area contributed by atoms with Crippen molar-refractivity contribution in [1.29, 1.82) is 5.26 Å². The summed E-state index contributed by atoms with van der Waals surface area (Å²) in [5, 5.41) is 12.4. The number of imidazole rings is 4. The summed E-state index contributed by atoms with van der Waals surface area (Å²) >= 11 is 0. The highest BCUT2D eigenvalue weighted by Crippen LogP contribution is 2.46. The van der Waals surface area contributed by atoms with Crippen molar-refractivity contribution in [1.82, 2.24) is 27.9 Å². The Bertz CT molecular complexity index is 4480. The zero-order chi connectivity index (χ0) is 50.3. The minimum atomic E-state index is 0.479. The summed E-state index contributed by atoms with van der Waals surface area (Å²) in [7, 11) is 0. The molecule has 4 heterocycles. The van der Waals surface area contributed by atoms with E-state index in [1.807, 2.05) is 36.4 Å². The van der Waals surface area contributed by atoms with Gasteiger partial charge >= 0.3 is 0 Å². The van der Waals surface area contributed by atoms with Gasteiger partial charge in [-0.15, -0.1) is 0 Å². The van der Waals surface area contributed by atoms with Crippen LogP contribution in [0, 0.1) is 11.3 Å². The number of nitrogens with zero attached hydrogens (tertiary/aromatic N) is 7. The predicted octanol–water partition coefficient (Wildman–Crippen LogP) is 17.0. The van der Waals surface area contributed by atoms with Crippen LogP contribution in [0.4, 0.5) is 0 Å². The van der Waals surface area contributed by atoms with Crippen LogP contribution in [-0.4, -0.2) is 27.9 Å². The van der Waals surface area contributed by atoms with Gasteiger partial charge in [0.2, 0.25) is 11.6 Å². The van der Waals surface area contributed by atoms with Gasteiger partial charge in [0.15, 0.2) is 0 Å². The fourth-order valence-electron chi connectivity index (χ4n) is 11.5. The van der Waals surface area contributed by atoms with E-state index < -0.39 is 0 Å². The van der Waals surface area contributed by atoms with Crippen LogP contribution >= 0.6 is 0 Å². The molecule has 7 nitrogen and oxygen atoms in total. The topological polar surface area (TPSA) is 68.2 Å². The van der Waals surface area contributed by atoms with Crippen LogP contribution in [0.15, 0.2) is 261 Å². The number of fused-ring (bicyclic) bond motifs is 10. The molecule has 0 saturated carbocycles. The Morgan fingerprint density at radius 2 is 0.579 bits per heavy atom. The minimum absolute atomic E-state index is 0.479. The van der Waals surface area contributed by atoms with E-state index in [0.717, 1.165) is 122 Å². The highest BCUT2D eigenvalue weighted by Gasteiger charge is 2.30. The van der Waals surface area contributed by atoms with Gasteiger partial charge < -0.3 is 0 Å². The average molecular weight is 970 g/mol. The van der Waals surface area contributed by atoms with Gasteiger partial charge in [0, 0.05) is 11.1 Å². The number of rotatable bonds is 8. The Balaban J connectivity index is 1.11. The van der Waals surface area contributed by atoms with Crippen molar-refractivity contribution in [3.8, 4) is 84.2 Å². The van der Waals surface area contributed by atoms with Gasteiger partial charge in [0.05, 0.1) is 55.5 Å². The molecule has 0 bridgehead atoms. The maximum absolute atomic E-state index is 12.4. The van der Waals surface area contributed by atoms with E-state index in [1.54, 1.807) is 0 Å². The molecule has 7 heteroatoms. The number of hydrogen-bond donors (Lipinski definition) is 0. The molecule has 11 aromatic carbocycles. The third-order valence-electron chi connectivity index (χ3n) is 15.0. The molecule has 0 saturated heterocycles. The average Bonchev–Trinajstić information content (AvgIpc) is 4.29. The molecule has 0 aliphatic carbocycles. The minimum Gasteiger partial charge on any atom is -0.276 e. The van der Waals surface area contributed by atoms with Crippen LogP contribution in [0.2, 0.25) is 0 Å². The maximum atomic E-state index is 12.4. The molecule has 0 N–H and O–H groups in total. The van der Waals surface area contributed by atoms with Gasteiger partial charge in [-0.2, -0.15) is 5.26 Å². The highest BCUT2D eigenvalue weighted by atomic mass is 15.2. The molecule has 0 unspecified atom stereocenters. The molecule has 0 aliphatic heterocycles. The number of benzene rings is 11. The van der Waals surface area contributed by atoms with E-state index in [9.17, 15) is 5.26 Å². The van der Waals surface area contributed by atoms with Crippen molar-refractivity contribution < 1.29 is 0 Å². The first-order valence-corrected chi connectivity index (χ1v) is 25.5. The van der Waals surface area contributed by atoms with E-state index in [1.165, 1.54) is 0 Å². The summed E-state index contributed by atoms with van der Waals surface area (Å²) in [6.45, 7) is 0. The van der Waals surface area contributed by atoms with Crippen molar-refractivity contribution in [2.24, 2.45) is 0 Å². The summed E-state index contributed by atoms with van der Waals surface area (Å²) in [6, 6.07) is 94.4. The zero-order valence-electron chi connectivity index (χ0n) is 41.0. The molecule has 0 atom stereocenters. The van der Waals surface area contributed by atoms with E-state index in [2.05, 4.69) is 248 Å². The lowest BCUT2D eigenvalue weighted by Gasteiger charge is -2.22. The standard InChI is InChI=1S/C69H43N7/c70-44-57-66(75-60-37-33-53(47-23-11-3-12-24-47)41-64(60)73-62-39-51(45-19-7-1-8-20-45)31-35-58(62)71-68(73)75)55(49-27-15-5-16-28-49)43-56(50-29-17-6-18-30-50)67(57)76-61-38-34-54(48-25-13-4-14-26-48)42-65(61)74-63-40-52(46-21-9-2-10-22-46)32-36-59(63)72-69(74)76/h1-43H. The van der Waals surface area contributed by atoms with Crippen LogP contribution in [-0.2, 0) is 0 Å². The predicted molar refractivity (Wildman–Crippen MR) is 310 cm³/mol. The lowest BCUT2D eigenvalue weighted by molar-refractivity contribution is 1.07. The van der Waals surface area contributed by atoms with Gasteiger partial charge in [-0.05, 0) is 110 Å². The summed E-state index contributed by atoms with van der Waals surface area (Å²) in [4.78, 5) is 11.1. The van der Waals surface area contributed by atoms with E-state index in [0.29, 0.717) is 17.1 Å². The second kappa shape index (κ2) is 17.3. The Labute approximate surface area is 437 Å². The second-order valence-electron chi connectivity index (χ2n) is 19.3. The fourth-order valence-corrected chi connectivity index (χ4v) is 11.5. The molecule has 0 amide bonds. The summed E-state index contributed by atoms with van der Waals surface area (Å²) in [6.07, 6.45) is 0. The van der Waals surface area contributed by atoms with E-state index in [-0.39, 0.29) is 0 Å². The molecule has 0 fully saturated rings. The van der Waals surface area contributed by atoms with Crippen LogP contribution < -0.4 is 0 Å². The van der Waals surface area contributed by atoms with Crippen molar-refractivity contribution in [2.75, 3.05) is 0 Å². The number of nitriles is 1. The van der Waals surface area contributed by atoms with Gasteiger partial charge in [0.25, 0.3) is 0 Å². The van der Waals surface area contributed by atoms with Crippen LogP contribution in [0.5, 0.6) is 0 Å². The first-order chi connectivity index (χ1) is 37.7. The molecule has 76 heavy (non-hydrogen) atoms. The van der Waals surface area contributed by atoms with Crippen LogP contribution in [0.3, 0.4) is 0 Å². The third kappa shape index (κ3) is 6.75. The zero-order valence-corrected chi connectivity index (χ0v) is 41.0. The summed E-state index contributed by atoms with van der Waals surface area (Å²) in [5.74, 6) is 1.39. The van der Waals surface area contributed by atoms with Crippen molar-refractivity contribution in [3.05, 3.63) is 266 Å². The quantitative estimate of drug-likeness (QED) is 0.152. The molecule has 0 radical (unpaired) electrons. The molecular formula is C69H43N7. The second-order valence-corrected chi connectivity index (χ2v) is 19.3. The monoisotopic (exact) mass is 969 g/mol. The molecular weight excluding hydrogens is 927 g/mol. The fraction of sp³-hybridized carbons (Fsp3) is 0. The normalized spacial score (nSPS) is 11.7. The maximum Gasteiger partial charge on any atom is 0.220 e. The Morgan fingerprint density at radius 1 is 0.276 bits per heavy atom. The van der Waals surface area contributed by atoms with Gasteiger partial charge in [-0.3, -0.25) is 17.9 Å². The Kier molecular flexibility index (Phi) is 9.81. The van der Waals surface area contributed by atoms with Gasteiger partial charge in [0.1, 0.15) is 11.6 Å². The number of aromatic nitrogens is 6. The first kappa shape index (κ1) is 43.1. The lowest BCUT2D eigenvalue weighted by atomic mass is 9.91. The largest absolute Gasteiger partial charge is 0.276 e. The summed E-state index contributed by atoms with van der Waals surface area (Å²) < 4.78 is 9.03. The smallest absolute Gasteiger partial charge is 0.220 e. The van der Waals surface area contributed by atoms with Crippen LogP contribution in [0.25, 0.3) is 134 Å². The Hall–Kier alpha value is -10.6. The van der Waals surface area contributed by atoms with Crippen molar-refractivity contribution in [3.63, 3.8) is 0 Å². The summed E-state index contributed by atoms with van der Waals surface area (Å²) in [5.41, 5.74) is 21.8. The molecule has 0 spiro atoms. The molecule has 15 aromatic rings. The van der Waals surface area contributed by atoms with E-state index in [4.69, 9.17) is 9.97 Å². The first-order valence-electron chi connectivity index (χ1n) is 25.5. The molecule has 4 aromatic heterocycles. The molecule has 15 rings (SSSR count). The third-order valence-corrected chi connectivity index (χ3v) is 15.0. The molecule has 0 aliphatic rings. The van der Waals surface area contributed by atoms with Crippen molar-refractivity contribution in [2.45, 2.75) is 0 Å². The Morgan fingerprint density at radius 3 is 0.908 bits per heavy atom. The van der Waals surface area contributed by atoms with Crippen LogP contribution in [0.1, 0.15) is 5.56 Å². The molecule has 354 valence electrons. The highest BCUT2D eigenvalue weighted by molar-refractivity contribution is 6.02. The number of hydrogen-bond acceptors (Lipinski definition) is 3. The van der Waals surface area contributed by atoms with E-state index >= 15 is 0 Å². The van der Waals surface area contributed by atoms with Crippen molar-refractivity contribution >= 4 is 55.7 Å². The lowest BCUT2D eigenvalue weighted by Crippen LogP contribution is -2.09. The SMILES string of the molecule is N#Cc1c(-n2c3ccc(-c4ccccc4)cc3n3c4cc(-c5ccccc5)ccc4nc23)c(-c2ccccc2)cc(-c2ccccc2)c1-n1c2ccc(-c3ccccc3)cc2n2c3cc(-c4ccccc4)ccc3nc12. The van der Waals surface area contributed by atoms with Gasteiger partial charge in [-0.25, -0.2) is 9.97 Å². The van der Waals surface area contributed by atoms with Gasteiger partial charge in [-0.1, -0.05) is 206 Å².